The van der Waals surface area contributed by atoms with Crippen molar-refractivity contribution >= 4 is 17.4 Å². The van der Waals surface area contributed by atoms with E-state index in [0.717, 1.165) is 10.9 Å². The number of hydrogen-bond donors (Lipinski definition) is 2. The second-order valence-corrected chi connectivity index (χ2v) is 5.19. The highest BCUT2D eigenvalue weighted by Gasteiger charge is 2.24. The maximum atomic E-state index is 13.7. The van der Waals surface area contributed by atoms with Crippen LogP contribution in [0.15, 0.2) is 24.5 Å². The number of H-pyrrole nitrogens is 1. The highest BCUT2D eigenvalue weighted by molar-refractivity contribution is 6.04. The number of amides is 1. The number of aromatic nitrogens is 4. The summed E-state index contributed by atoms with van der Waals surface area (Å²) in [5.74, 6) is -7.31. The van der Waals surface area contributed by atoms with Crippen LogP contribution in [-0.4, -0.2) is 30.8 Å². The molecule has 0 aliphatic heterocycles. The Morgan fingerprint density at radius 2 is 1.93 bits per heavy atom. The van der Waals surface area contributed by atoms with Crippen LogP contribution in [0.4, 0.5) is 29.1 Å². The van der Waals surface area contributed by atoms with Gasteiger partial charge in [-0.1, -0.05) is 0 Å². The molecule has 140 valence electrons. The summed E-state index contributed by atoms with van der Waals surface area (Å²) in [5, 5.41) is 22.3. The van der Waals surface area contributed by atoms with Gasteiger partial charge in [0.05, 0.1) is 17.0 Å². The van der Waals surface area contributed by atoms with Crippen molar-refractivity contribution < 1.29 is 27.3 Å². The average molecular weight is 384 g/mol. The molecular weight excluding hydrogens is 376 g/mol. The van der Waals surface area contributed by atoms with Gasteiger partial charge in [-0.25, -0.2) is 17.6 Å². The summed E-state index contributed by atoms with van der Waals surface area (Å²) in [6.45, 7) is -0.660. The van der Waals surface area contributed by atoms with Crippen molar-refractivity contribution in [2.75, 3.05) is 5.32 Å². The molecule has 0 bridgehead atoms. The predicted molar refractivity (Wildman–Crippen MR) is 80.8 cm³/mol. The van der Waals surface area contributed by atoms with Crippen molar-refractivity contribution in [3.63, 3.8) is 0 Å². The number of halogens is 4. The molecule has 3 rings (SSSR count). The molecule has 2 heterocycles. The molecule has 13 heteroatoms. The van der Waals surface area contributed by atoms with E-state index in [2.05, 4.69) is 20.6 Å². The van der Waals surface area contributed by atoms with Crippen molar-refractivity contribution in [2.45, 2.75) is 6.54 Å². The second-order valence-electron chi connectivity index (χ2n) is 5.19. The van der Waals surface area contributed by atoms with Gasteiger partial charge in [0.2, 0.25) is 5.69 Å². The second kappa shape index (κ2) is 6.86. The molecule has 3 aromatic rings. The van der Waals surface area contributed by atoms with Gasteiger partial charge in [0.1, 0.15) is 6.20 Å². The number of rotatable bonds is 5. The Morgan fingerprint density at radius 3 is 2.56 bits per heavy atom. The van der Waals surface area contributed by atoms with E-state index >= 15 is 0 Å². The summed E-state index contributed by atoms with van der Waals surface area (Å²) in [4.78, 5) is 22.0. The van der Waals surface area contributed by atoms with Gasteiger partial charge < -0.3 is 5.32 Å². The summed E-state index contributed by atoms with van der Waals surface area (Å²) >= 11 is 0. The average Bonchev–Trinajstić information content (AvgIpc) is 3.26. The van der Waals surface area contributed by atoms with E-state index in [1.807, 2.05) is 0 Å². The topological polar surface area (TPSA) is 119 Å². The molecule has 0 atom stereocenters. The van der Waals surface area contributed by atoms with Crippen molar-refractivity contribution in [1.82, 2.24) is 20.0 Å². The van der Waals surface area contributed by atoms with Crippen LogP contribution in [-0.2, 0) is 6.54 Å². The van der Waals surface area contributed by atoms with Crippen molar-refractivity contribution in [3.05, 3.63) is 69.2 Å². The van der Waals surface area contributed by atoms with Gasteiger partial charge in [-0.05, 0) is 0 Å². The molecule has 0 saturated heterocycles. The van der Waals surface area contributed by atoms with Crippen LogP contribution in [0.25, 0.3) is 0 Å². The lowest BCUT2D eigenvalue weighted by Gasteiger charge is -2.07. The Balaban J connectivity index is 1.79. The van der Waals surface area contributed by atoms with E-state index < -0.39 is 57.6 Å². The van der Waals surface area contributed by atoms with Crippen LogP contribution in [0, 0.1) is 33.4 Å². The molecule has 2 aromatic heterocycles. The molecule has 0 saturated carbocycles. The number of hydrogen-bond acceptors (Lipinski definition) is 5. The maximum absolute atomic E-state index is 13.7. The number of anilines is 1. The smallest absolute Gasteiger partial charge is 0.304 e. The van der Waals surface area contributed by atoms with Crippen molar-refractivity contribution in [3.8, 4) is 0 Å². The first-order valence-corrected chi connectivity index (χ1v) is 7.12. The Kier molecular flexibility index (Phi) is 4.58. The van der Waals surface area contributed by atoms with Gasteiger partial charge >= 0.3 is 5.69 Å². The fourth-order valence-corrected chi connectivity index (χ4v) is 2.20. The van der Waals surface area contributed by atoms with Gasteiger partial charge in [0.15, 0.2) is 29.1 Å². The highest BCUT2D eigenvalue weighted by atomic mass is 19.2. The third-order valence-corrected chi connectivity index (χ3v) is 3.45. The van der Waals surface area contributed by atoms with Crippen molar-refractivity contribution in [1.29, 1.82) is 0 Å². The summed E-state index contributed by atoms with van der Waals surface area (Å²) in [5.41, 5.74) is -1.89. The number of carbonyl (C=O) groups excluding carboxylic acids is 1. The minimum Gasteiger partial charge on any atom is -0.304 e. The number of benzene rings is 1. The van der Waals surface area contributed by atoms with Gasteiger partial charge in [-0.15, -0.1) is 0 Å². The number of aromatic amines is 1. The third kappa shape index (κ3) is 3.47. The van der Waals surface area contributed by atoms with E-state index in [-0.39, 0.29) is 11.9 Å². The lowest BCUT2D eigenvalue weighted by Crippen LogP contribution is -2.15. The molecule has 0 radical (unpaired) electrons. The molecule has 0 aliphatic carbocycles. The van der Waals surface area contributed by atoms with E-state index in [0.29, 0.717) is 0 Å². The third-order valence-electron chi connectivity index (χ3n) is 3.45. The number of nitro groups is 1. The lowest BCUT2D eigenvalue weighted by atomic mass is 10.2. The van der Waals surface area contributed by atoms with Crippen LogP contribution in [0.3, 0.4) is 0 Å². The van der Waals surface area contributed by atoms with Crippen LogP contribution in [0.1, 0.15) is 16.1 Å². The standard InChI is InChI=1S/C14H8F4N6O3/c15-7-3-8(16)12(18)6(11(7)17)5-23-2-1-10(22-23)20-14(25)13-9(24(26)27)4-19-21-13/h1-4H,5H2,(H,19,21)(H,20,22,25). The summed E-state index contributed by atoms with van der Waals surface area (Å²) in [7, 11) is 0. The highest BCUT2D eigenvalue weighted by Crippen LogP contribution is 2.21. The zero-order chi connectivity index (χ0) is 19.7. The number of carbonyl (C=O) groups is 1. The van der Waals surface area contributed by atoms with Crippen LogP contribution < -0.4 is 5.32 Å². The maximum Gasteiger partial charge on any atom is 0.319 e. The van der Waals surface area contributed by atoms with Gasteiger partial charge in [-0.2, -0.15) is 10.2 Å². The molecule has 0 unspecified atom stereocenters. The van der Waals surface area contributed by atoms with Gasteiger partial charge in [0.25, 0.3) is 5.91 Å². The summed E-state index contributed by atoms with van der Waals surface area (Å²) < 4.78 is 54.7. The summed E-state index contributed by atoms with van der Waals surface area (Å²) in [6.07, 6.45) is 2.02. The molecule has 0 fully saturated rings. The Bertz CT molecular complexity index is 1020. The van der Waals surface area contributed by atoms with Crippen molar-refractivity contribution in [2.24, 2.45) is 0 Å². The molecule has 0 aliphatic rings. The summed E-state index contributed by atoms with van der Waals surface area (Å²) in [6, 6.07) is 1.30. The zero-order valence-corrected chi connectivity index (χ0v) is 13.0. The fourth-order valence-electron chi connectivity index (χ4n) is 2.20. The molecule has 9 nitrogen and oxygen atoms in total. The van der Waals surface area contributed by atoms with Crippen LogP contribution in [0.2, 0.25) is 0 Å². The van der Waals surface area contributed by atoms with E-state index in [9.17, 15) is 32.5 Å². The number of nitrogens with one attached hydrogen (secondary N) is 2. The molecule has 1 amide bonds. The SMILES string of the molecule is O=C(Nc1ccn(Cc2c(F)c(F)cc(F)c2F)n1)c1[nH]ncc1[N+](=O)[O-]. The van der Waals surface area contributed by atoms with Gasteiger partial charge in [0, 0.05) is 18.3 Å². The first-order chi connectivity index (χ1) is 12.8. The minimum atomic E-state index is -1.57. The largest absolute Gasteiger partial charge is 0.319 e. The molecule has 1 aromatic carbocycles. The molecular formula is C14H8F4N6O3. The van der Waals surface area contributed by atoms with E-state index in [4.69, 9.17) is 0 Å². The normalized spacial score (nSPS) is 10.8. The number of nitrogens with zero attached hydrogens (tertiary/aromatic N) is 4. The van der Waals surface area contributed by atoms with E-state index in [1.54, 1.807) is 0 Å². The molecule has 27 heavy (non-hydrogen) atoms. The minimum absolute atomic E-state index is 0.0835. The lowest BCUT2D eigenvalue weighted by molar-refractivity contribution is -0.385. The molecule has 0 spiro atoms. The fraction of sp³-hybridized carbons (Fsp3) is 0.0714. The van der Waals surface area contributed by atoms with Crippen LogP contribution in [0.5, 0.6) is 0 Å². The van der Waals surface area contributed by atoms with Gasteiger partial charge in [-0.3, -0.25) is 24.7 Å². The Hall–Kier alpha value is -3.77. The zero-order valence-electron chi connectivity index (χ0n) is 13.0. The predicted octanol–water partition coefficient (Wildman–Crippen LogP) is 2.37. The van der Waals surface area contributed by atoms with E-state index in [1.165, 1.54) is 12.3 Å². The molecule has 2 N–H and O–H groups in total. The quantitative estimate of drug-likeness (QED) is 0.303. The Labute approximate surface area is 146 Å². The monoisotopic (exact) mass is 384 g/mol. The first-order valence-electron chi connectivity index (χ1n) is 7.12. The first kappa shape index (κ1) is 18.0. The Morgan fingerprint density at radius 1 is 1.26 bits per heavy atom. The van der Waals surface area contributed by atoms with Crippen LogP contribution >= 0.6 is 0 Å².